The smallest absolute Gasteiger partial charge is 0.248 e. The molecule has 1 amide bonds. The number of amides is 1. The van der Waals surface area contributed by atoms with Gasteiger partial charge in [0.2, 0.25) is 5.91 Å². The van der Waals surface area contributed by atoms with Gasteiger partial charge in [-0.2, -0.15) is 0 Å². The number of primary amides is 1. The van der Waals surface area contributed by atoms with Crippen LogP contribution in [0.1, 0.15) is 40.2 Å². The summed E-state index contributed by atoms with van der Waals surface area (Å²) in [7, 11) is 0. The quantitative estimate of drug-likeness (QED) is 0.827. The fourth-order valence-electron chi connectivity index (χ4n) is 2.19. The molecular weight excluding hydrogens is 202 g/mol. The summed E-state index contributed by atoms with van der Waals surface area (Å²) in [6, 6.07) is 6.01. The van der Waals surface area contributed by atoms with Gasteiger partial charge in [-0.25, -0.2) is 0 Å². The van der Waals surface area contributed by atoms with Crippen LogP contribution in [-0.4, -0.2) is 19.1 Å². The second-order valence-corrected chi connectivity index (χ2v) is 4.33. The fraction of sp³-hybridized carbons (Fsp3) is 0.462. The summed E-state index contributed by atoms with van der Waals surface area (Å²) in [6.45, 7) is 3.53. The van der Waals surface area contributed by atoms with Crippen molar-refractivity contribution in [2.24, 2.45) is 5.73 Å². The van der Waals surface area contributed by atoms with E-state index in [1.54, 1.807) is 0 Å². The van der Waals surface area contributed by atoms with E-state index < -0.39 is 0 Å². The Morgan fingerprint density at radius 3 is 2.69 bits per heavy atom. The summed E-state index contributed by atoms with van der Waals surface area (Å²) < 4.78 is 5.33. The van der Waals surface area contributed by atoms with Crippen LogP contribution in [0.15, 0.2) is 18.2 Å². The highest BCUT2D eigenvalue weighted by atomic mass is 16.5. The first kappa shape index (κ1) is 11.1. The Morgan fingerprint density at radius 1 is 1.38 bits per heavy atom. The van der Waals surface area contributed by atoms with Crippen molar-refractivity contribution in [2.75, 3.05) is 13.2 Å². The first-order chi connectivity index (χ1) is 7.68. The van der Waals surface area contributed by atoms with Crippen LogP contribution in [0.4, 0.5) is 0 Å². The van der Waals surface area contributed by atoms with E-state index in [2.05, 4.69) is 6.07 Å². The lowest BCUT2D eigenvalue weighted by molar-refractivity contribution is 0.0853. The molecule has 0 saturated carbocycles. The molecule has 3 nitrogen and oxygen atoms in total. The van der Waals surface area contributed by atoms with Crippen LogP contribution in [0.25, 0.3) is 0 Å². The van der Waals surface area contributed by atoms with E-state index in [1.165, 1.54) is 5.56 Å². The summed E-state index contributed by atoms with van der Waals surface area (Å²) in [5, 5.41) is 0. The molecule has 0 aromatic heterocycles. The van der Waals surface area contributed by atoms with Crippen molar-refractivity contribution in [3.05, 3.63) is 34.9 Å². The third-order valence-electron chi connectivity index (χ3n) is 3.22. The van der Waals surface area contributed by atoms with Crippen molar-refractivity contribution in [1.29, 1.82) is 0 Å². The number of hydrogen-bond donors (Lipinski definition) is 1. The molecule has 1 heterocycles. The molecule has 2 rings (SSSR count). The zero-order valence-electron chi connectivity index (χ0n) is 9.53. The molecule has 1 aliphatic rings. The molecule has 1 aliphatic heterocycles. The number of hydrogen-bond acceptors (Lipinski definition) is 2. The maximum Gasteiger partial charge on any atom is 0.248 e. The average Bonchev–Trinajstić information content (AvgIpc) is 2.30. The van der Waals surface area contributed by atoms with Crippen LogP contribution >= 0.6 is 0 Å². The first-order valence-corrected chi connectivity index (χ1v) is 5.66. The van der Waals surface area contributed by atoms with Crippen molar-refractivity contribution in [3.8, 4) is 0 Å². The average molecular weight is 219 g/mol. The predicted octanol–water partition coefficient (Wildman–Crippen LogP) is 1.99. The molecule has 86 valence electrons. The van der Waals surface area contributed by atoms with Crippen LogP contribution in [0.3, 0.4) is 0 Å². The Labute approximate surface area is 95.6 Å². The summed E-state index contributed by atoms with van der Waals surface area (Å²) in [5.74, 6) is 0.166. The largest absolute Gasteiger partial charge is 0.381 e. The molecule has 1 aromatic carbocycles. The van der Waals surface area contributed by atoms with Crippen molar-refractivity contribution >= 4 is 5.91 Å². The highest BCUT2D eigenvalue weighted by Crippen LogP contribution is 2.28. The van der Waals surface area contributed by atoms with Gasteiger partial charge >= 0.3 is 0 Å². The molecule has 1 saturated heterocycles. The maximum atomic E-state index is 11.3. The zero-order valence-corrected chi connectivity index (χ0v) is 9.53. The van der Waals surface area contributed by atoms with Crippen molar-refractivity contribution in [2.45, 2.75) is 25.7 Å². The summed E-state index contributed by atoms with van der Waals surface area (Å²) >= 11 is 0. The van der Waals surface area contributed by atoms with Crippen LogP contribution < -0.4 is 5.73 Å². The van der Waals surface area contributed by atoms with E-state index in [0.29, 0.717) is 11.5 Å². The number of carbonyl (C=O) groups is 1. The lowest BCUT2D eigenvalue weighted by Crippen LogP contribution is -2.16. The number of carbonyl (C=O) groups excluding carboxylic acids is 1. The normalized spacial score (nSPS) is 17.3. The molecule has 3 heteroatoms. The monoisotopic (exact) mass is 219 g/mol. The van der Waals surface area contributed by atoms with E-state index in [0.717, 1.165) is 31.6 Å². The van der Waals surface area contributed by atoms with E-state index in [-0.39, 0.29) is 5.91 Å². The maximum absolute atomic E-state index is 11.3. The lowest BCUT2D eigenvalue weighted by atomic mass is 9.89. The second kappa shape index (κ2) is 4.66. The number of nitrogens with two attached hydrogens (primary N) is 1. The molecule has 0 unspecified atom stereocenters. The topological polar surface area (TPSA) is 52.3 Å². The highest BCUT2D eigenvalue weighted by molar-refractivity contribution is 5.94. The SMILES string of the molecule is Cc1ccc(C2CCOCC2)cc1C(N)=O. The van der Waals surface area contributed by atoms with Gasteiger partial charge in [0.15, 0.2) is 0 Å². The van der Waals surface area contributed by atoms with Crippen molar-refractivity contribution in [3.63, 3.8) is 0 Å². The van der Waals surface area contributed by atoms with Gasteiger partial charge in [0.1, 0.15) is 0 Å². The highest BCUT2D eigenvalue weighted by Gasteiger charge is 2.17. The van der Waals surface area contributed by atoms with Gasteiger partial charge in [-0.1, -0.05) is 12.1 Å². The molecule has 2 N–H and O–H groups in total. The van der Waals surface area contributed by atoms with Gasteiger partial charge in [0, 0.05) is 18.8 Å². The Kier molecular flexibility index (Phi) is 3.25. The molecule has 1 aromatic rings. The van der Waals surface area contributed by atoms with Crippen molar-refractivity contribution < 1.29 is 9.53 Å². The van der Waals surface area contributed by atoms with Crippen LogP contribution in [0, 0.1) is 6.92 Å². The molecule has 0 bridgehead atoms. The molecule has 0 radical (unpaired) electrons. The minimum Gasteiger partial charge on any atom is -0.381 e. The third kappa shape index (κ3) is 2.25. The van der Waals surface area contributed by atoms with Gasteiger partial charge in [0.25, 0.3) is 0 Å². The molecule has 0 aliphatic carbocycles. The Bertz CT molecular complexity index is 395. The third-order valence-corrected chi connectivity index (χ3v) is 3.22. The van der Waals surface area contributed by atoms with E-state index in [9.17, 15) is 4.79 Å². The molecule has 16 heavy (non-hydrogen) atoms. The summed E-state index contributed by atoms with van der Waals surface area (Å²) in [6.07, 6.45) is 2.06. The van der Waals surface area contributed by atoms with Crippen molar-refractivity contribution in [1.82, 2.24) is 0 Å². The van der Waals surface area contributed by atoms with E-state index in [4.69, 9.17) is 10.5 Å². The summed E-state index contributed by atoms with van der Waals surface area (Å²) in [5.41, 5.74) is 8.15. The number of benzene rings is 1. The van der Waals surface area contributed by atoms with Crippen LogP contribution in [-0.2, 0) is 4.74 Å². The van der Waals surface area contributed by atoms with E-state index >= 15 is 0 Å². The van der Waals surface area contributed by atoms with Gasteiger partial charge in [-0.15, -0.1) is 0 Å². The standard InChI is InChI=1S/C13H17NO2/c1-9-2-3-11(8-12(9)13(14)15)10-4-6-16-7-5-10/h2-3,8,10H,4-7H2,1H3,(H2,14,15). The predicted molar refractivity (Wildman–Crippen MR) is 62.5 cm³/mol. The molecule has 0 spiro atoms. The second-order valence-electron chi connectivity index (χ2n) is 4.33. The van der Waals surface area contributed by atoms with E-state index in [1.807, 2.05) is 19.1 Å². The Balaban J connectivity index is 2.27. The molecule has 1 fully saturated rings. The minimum absolute atomic E-state index is 0.341. The van der Waals surface area contributed by atoms with Gasteiger partial charge in [-0.05, 0) is 42.9 Å². The van der Waals surface area contributed by atoms with Gasteiger partial charge < -0.3 is 10.5 Å². The minimum atomic E-state index is -0.341. The van der Waals surface area contributed by atoms with Gasteiger partial charge in [-0.3, -0.25) is 4.79 Å². The zero-order chi connectivity index (χ0) is 11.5. The summed E-state index contributed by atoms with van der Waals surface area (Å²) in [4.78, 5) is 11.3. The Morgan fingerprint density at radius 2 is 2.06 bits per heavy atom. The number of rotatable bonds is 2. The molecule has 0 atom stereocenters. The molecular formula is C13H17NO2. The number of aryl methyl sites for hydroxylation is 1. The van der Waals surface area contributed by atoms with Crippen LogP contribution in [0.5, 0.6) is 0 Å². The lowest BCUT2D eigenvalue weighted by Gasteiger charge is -2.23. The van der Waals surface area contributed by atoms with Gasteiger partial charge in [0.05, 0.1) is 0 Å². The number of ether oxygens (including phenoxy) is 1. The van der Waals surface area contributed by atoms with Crippen LogP contribution in [0.2, 0.25) is 0 Å². The first-order valence-electron chi connectivity index (χ1n) is 5.66. The fourth-order valence-corrected chi connectivity index (χ4v) is 2.19. The Hall–Kier alpha value is -1.35.